The standard InChI is InChI=1S/C73H90F9N19O7/c1-41(27-71(74,75)76)89-65-85-35-59-53(49-32-88-98(38-49)68(4,5)64(102)95-20-22-104-23-21-95)26-54(99(59)92-65)44-8-10-50(11-9-44)107-62-60(39-105-62)96-36-47(30-86-96)52-25-56(101-58(52)34-84-67(94-101)91-43(3)29-73(80,81)82)46-14-18-70(7,19-15-46)108-63-61(40-106-63)97-37-48(31-87-97)51-24-55(45-12-16-69(6,103)17-13-45)100-57(51)33-83-66(93-100)90-42(2)28-72(77,78)79/h24-26,30-38,41-46,50,60-63,103H,8-23,27-29,39-40H2,1-7H3,(H,89,92)(H,90,93)(H,91,94)/t41-,42-,43-,44?,45?,46?,50?,60?,61?,62?,63?,69?,70?/m0/s1. The summed E-state index contributed by atoms with van der Waals surface area (Å²) in [5.74, 6) is -0.00722. The molecular weight excluding hydrogens is 1430 g/mol. The first-order valence-corrected chi connectivity index (χ1v) is 37.2. The molecule has 9 aromatic rings. The molecule has 0 bridgehead atoms. The quantitative estimate of drug-likeness (QED) is 0.0434. The van der Waals surface area contributed by atoms with Crippen LogP contribution in [0.2, 0.25) is 0 Å². The molecule has 4 N–H and O–H groups in total. The van der Waals surface area contributed by atoms with Crippen molar-refractivity contribution in [3.63, 3.8) is 0 Å². The van der Waals surface area contributed by atoms with E-state index in [2.05, 4.69) is 49.0 Å². The summed E-state index contributed by atoms with van der Waals surface area (Å²) in [4.78, 5) is 29.0. The smallest absolute Gasteiger partial charge is 0.390 e. The molecule has 7 atom stereocenters. The lowest BCUT2D eigenvalue weighted by Gasteiger charge is -2.45. The highest BCUT2D eigenvalue weighted by molar-refractivity contribution is 5.85. The largest absolute Gasteiger partial charge is 0.391 e. The van der Waals surface area contributed by atoms with Crippen molar-refractivity contribution in [2.24, 2.45) is 0 Å². The number of amides is 1. The molecule has 26 nitrogen and oxygen atoms in total. The second-order valence-corrected chi connectivity index (χ2v) is 31.5. The van der Waals surface area contributed by atoms with E-state index in [0.29, 0.717) is 139 Å². The number of aliphatic hydroxyl groups is 1. The average molecular weight is 1520 g/mol. The summed E-state index contributed by atoms with van der Waals surface area (Å²) < 4.78 is 163. The van der Waals surface area contributed by atoms with Crippen LogP contribution in [0.1, 0.15) is 192 Å². The number of hydrogen-bond donors (Lipinski definition) is 4. The van der Waals surface area contributed by atoms with Gasteiger partial charge in [-0.3, -0.25) is 18.8 Å². The Morgan fingerprint density at radius 3 is 1.37 bits per heavy atom. The number of anilines is 3. The van der Waals surface area contributed by atoms with Gasteiger partial charge in [-0.05, 0) is 144 Å². The van der Waals surface area contributed by atoms with Gasteiger partial charge in [-0.1, -0.05) is 0 Å². The first kappa shape index (κ1) is 74.9. The van der Waals surface area contributed by atoms with E-state index in [-0.39, 0.29) is 59.7 Å². The van der Waals surface area contributed by atoms with Crippen molar-refractivity contribution in [3.8, 4) is 33.4 Å². The molecule has 0 spiro atoms. The van der Waals surface area contributed by atoms with Crippen LogP contribution in [-0.4, -0.2) is 195 Å². The van der Waals surface area contributed by atoms with Gasteiger partial charge < -0.3 is 49.6 Å². The molecule has 582 valence electrons. The molecule has 15 rings (SSSR count). The third kappa shape index (κ3) is 16.1. The van der Waals surface area contributed by atoms with E-state index in [1.807, 2.05) is 60.9 Å². The van der Waals surface area contributed by atoms with E-state index < -0.39 is 85.2 Å². The normalized spacial score (nSPS) is 26.3. The van der Waals surface area contributed by atoms with Crippen molar-refractivity contribution in [3.05, 3.63) is 91.1 Å². The lowest BCUT2D eigenvalue weighted by molar-refractivity contribution is -0.297. The summed E-state index contributed by atoms with van der Waals surface area (Å²) in [6.45, 7) is 14.4. The highest BCUT2D eigenvalue weighted by Gasteiger charge is 2.46. The van der Waals surface area contributed by atoms with Gasteiger partial charge in [0.2, 0.25) is 23.8 Å². The van der Waals surface area contributed by atoms with Crippen LogP contribution in [0, 0.1) is 0 Å². The first-order valence-electron chi connectivity index (χ1n) is 37.2. The SMILES string of the molecule is C[C@@H](CC(F)(F)F)Nc1ncc2c(-c3cnn(C(C)(C)C(=O)N4CCOCC4)c3)cc(C3CCC(OC4OCC4n4cc(-c5cc(C6CCC(C)(OC7OCC7n7cc(-c8cc(C9CCC(C)(O)CC9)n9nc(N[C@@H](C)CC(F)(F)F)ncc89)cn7)CC6)n6nc(N[C@@H](C)CC(F)(F)F)ncc56)cn4)CC3)n2n1. The molecule has 35 heteroatoms. The van der Waals surface area contributed by atoms with Crippen LogP contribution in [0.5, 0.6) is 0 Å². The van der Waals surface area contributed by atoms with Crippen molar-refractivity contribution in [2.45, 2.75) is 247 Å². The van der Waals surface area contributed by atoms with Crippen LogP contribution in [0.25, 0.3) is 49.9 Å². The van der Waals surface area contributed by atoms with Gasteiger partial charge >= 0.3 is 18.5 Å². The lowest BCUT2D eigenvalue weighted by atomic mass is 9.78. The summed E-state index contributed by atoms with van der Waals surface area (Å²) in [6.07, 6.45) is 5.66. The predicted octanol–water partition coefficient (Wildman–Crippen LogP) is 13.3. The Morgan fingerprint density at radius 1 is 0.556 bits per heavy atom. The fraction of sp³-hybridized carbons (Fsp3) is 0.616. The fourth-order valence-corrected chi connectivity index (χ4v) is 16.3. The fourth-order valence-electron chi connectivity index (χ4n) is 16.3. The predicted molar refractivity (Wildman–Crippen MR) is 377 cm³/mol. The molecule has 4 unspecified atom stereocenters. The second kappa shape index (κ2) is 29.1. The molecule has 0 aromatic carbocycles. The van der Waals surface area contributed by atoms with Crippen LogP contribution >= 0.6 is 0 Å². The zero-order valence-corrected chi connectivity index (χ0v) is 61.1. The van der Waals surface area contributed by atoms with E-state index in [4.69, 9.17) is 49.2 Å². The number of aromatic nitrogens is 15. The maximum atomic E-state index is 13.8. The summed E-state index contributed by atoms with van der Waals surface area (Å²) >= 11 is 0. The van der Waals surface area contributed by atoms with Gasteiger partial charge in [0.25, 0.3) is 0 Å². The number of halogens is 9. The molecule has 108 heavy (non-hydrogen) atoms. The number of fused-ring (bicyclic) bond motifs is 3. The lowest BCUT2D eigenvalue weighted by Crippen LogP contribution is -2.51. The second-order valence-electron chi connectivity index (χ2n) is 31.5. The van der Waals surface area contributed by atoms with Crippen molar-refractivity contribution in [1.82, 2.24) is 78.0 Å². The number of nitrogens with zero attached hydrogens (tertiary/aromatic N) is 16. The number of hydrogen-bond acceptors (Lipinski definition) is 19. The van der Waals surface area contributed by atoms with Gasteiger partial charge in [0.05, 0.1) is 117 Å². The highest BCUT2D eigenvalue weighted by Crippen LogP contribution is 2.47. The van der Waals surface area contributed by atoms with Crippen LogP contribution in [0.4, 0.5) is 57.4 Å². The Kier molecular flexibility index (Phi) is 20.2. The number of carbonyl (C=O) groups is 1. The molecule has 0 radical (unpaired) electrons. The zero-order chi connectivity index (χ0) is 76.0. The highest BCUT2D eigenvalue weighted by atomic mass is 19.4. The average Bonchev–Trinajstić information content (AvgIpc) is 1.66. The van der Waals surface area contributed by atoms with Gasteiger partial charge in [0, 0.05) is 118 Å². The van der Waals surface area contributed by atoms with E-state index in [1.54, 1.807) is 60.3 Å². The molecule has 1 amide bonds. The van der Waals surface area contributed by atoms with Gasteiger partial charge in [-0.2, -0.15) is 54.8 Å². The maximum Gasteiger partial charge on any atom is 0.391 e. The molecule has 3 saturated heterocycles. The van der Waals surface area contributed by atoms with Crippen molar-refractivity contribution in [1.29, 1.82) is 0 Å². The first-order chi connectivity index (χ1) is 51.2. The minimum absolute atomic E-state index is 0.0235. The Morgan fingerprint density at radius 2 is 0.954 bits per heavy atom. The topological polar surface area (TPSA) is 267 Å². The maximum absolute atomic E-state index is 13.8. The van der Waals surface area contributed by atoms with E-state index in [1.165, 1.54) is 20.8 Å². The number of nitrogens with one attached hydrogen (secondary N) is 3. The van der Waals surface area contributed by atoms with Gasteiger partial charge in [-0.15, -0.1) is 15.3 Å². The molecule has 6 fully saturated rings. The molecule has 3 aliphatic carbocycles. The van der Waals surface area contributed by atoms with Crippen molar-refractivity contribution in [2.75, 3.05) is 55.5 Å². The Balaban J connectivity index is 0.616. The zero-order valence-electron chi connectivity index (χ0n) is 61.1. The minimum atomic E-state index is -4.42. The van der Waals surface area contributed by atoms with E-state index in [0.717, 1.165) is 44.9 Å². The van der Waals surface area contributed by atoms with Crippen LogP contribution in [0.3, 0.4) is 0 Å². The number of morpholine rings is 1. The van der Waals surface area contributed by atoms with Crippen LogP contribution in [-0.2, 0) is 34.0 Å². The number of carbonyl (C=O) groups excluding carboxylic acids is 1. The summed E-state index contributed by atoms with van der Waals surface area (Å²) in [6, 6.07) is 2.58. The third-order valence-electron chi connectivity index (χ3n) is 22.4. The molecular formula is C73H90F9N19O7. The third-order valence-corrected chi connectivity index (χ3v) is 22.4. The monoisotopic (exact) mass is 1520 g/mol. The van der Waals surface area contributed by atoms with E-state index in [9.17, 15) is 49.4 Å². The number of alkyl halides is 9. The summed E-state index contributed by atoms with van der Waals surface area (Å²) in [7, 11) is 0. The Bertz CT molecular complexity index is 4680. The van der Waals surface area contributed by atoms with Crippen LogP contribution in [0.15, 0.2) is 74.0 Å². The van der Waals surface area contributed by atoms with E-state index >= 15 is 0 Å². The van der Waals surface area contributed by atoms with Crippen molar-refractivity contribution < 1.29 is 73.1 Å². The number of rotatable bonds is 23. The molecule has 6 aliphatic rings. The van der Waals surface area contributed by atoms with Crippen LogP contribution < -0.4 is 16.0 Å². The van der Waals surface area contributed by atoms with Gasteiger partial charge in [0.15, 0.2) is 12.6 Å². The summed E-state index contributed by atoms with van der Waals surface area (Å²) in [5, 5.41) is 48.0. The molecule has 9 aromatic heterocycles. The summed E-state index contributed by atoms with van der Waals surface area (Å²) in [5.41, 5.74) is 6.58. The Labute approximate surface area is 615 Å². The molecule has 3 saturated carbocycles. The molecule has 12 heterocycles. The molecule has 3 aliphatic heterocycles. The van der Waals surface area contributed by atoms with Gasteiger partial charge in [0.1, 0.15) is 17.6 Å². The van der Waals surface area contributed by atoms with Gasteiger partial charge in [-0.25, -0.2) is 28.5 Å². The minimum Gasteiger partial charge on any atom is -0.390 e. The Hall–Kier alpha value is -8.51. The number of ether oxygens (including phenoxy) is 5. The van der Waals surface area contributed by atoms with Crippen molar-refractivity contribution >= 4 is 40.3 Å².